The molecular formula is C20H26N4O4S. The SMILES string of the molecule is CC(=O)c1sc(C2CCN(C(=O)CN3C(=O)NC(C)(C4CC4)C3=O)CC2)nc1C. The van der Waals surface area contributed by atoms with Crippen molar-refractivity contribution in [2.75, 3.05) is 19.6 Å². The molecule has 2 saturated heterocycles. The Morgan fingerprint density at radius 2 is 1.86 bits per heavy atom. The summed E-state index contributed by atoms with van der Waals surface area (Å²) in [4.78, 5) is 57.4. The Balaban J connectivity index is 1.35. The minimum absolute atomic E-state index is 0.0330. The van der Waals surface area contributed by atoms with Gasteiger partial charge in [-0.25, -0.2) is 9.78 Å². The number of ketones is 1. The minimum atomic E-state index is -0.860. The van der Waals surface area contributed by atoms with Crippen LogP contribution in [-0.4, -0.2) is 63.6 Å². The lowest BCUT2D eigenvalue weighted by Crippen LogP contribution is -2.48. The molecule has 2 aliphatic heterocycles. The van der Waals surface area contributed by atoms with Crippen molar-refractivity contribution in [2.24, 2.45) is 5.92 Å². The fourth-order valence-electron chi connectivity index (χ4n) is 4.33. The van der Waals surface area contributed by atoms with Gasteiger partial charge in [-0.15, -0.1) is 11.3 Å². The number of urea groups is 1. The van der Waals surface area contributed by atoms with E-state index in [1.54, 1.807) is 18.7 Å². The summed E-state index contributed by atoms with van der Waals surface area (Å²) in [6.45, 7) is 6.06. The predicted molar refractivity (Wildman–Crippen MR) is 107 cm³/mol. The molecule has 8 nitrogen and oxygen atoms in total. The molecule has 9 heteroatoms. The molecule has 156 valence electrons. The highest BCUT2D eigenvalue weighted by Gasteiger charge is 2.56. The van der Waals surface area contributed by atoms with E-state index < -0.39 is 11.6 Å². The van der Waals surface area contributed by atoms with Gasteiger partial charge in [0, 0.05) is 25.9 Å². The molecule has 0 aromatic carbocycles. The maximum Gasteiger partial charge on any atom is 0.325 e. The predicted octanol–water partition coefficient (Wildman–Crippen LogP) is 2.08. The van der Waals surface area contributed by atoms with Crippen LogP contribution in [-0.2, 0) is 9.59 Å². The lowest BCUT2D eigenvalue weighted by atomic mass is 9.96. The van der Waals surface area contributed by atoms with Gasteiger partial charge in [0.2, 0.25) is 5.91 Å². The molecule has 3 heterocycles. The van der Waals surface area contributed by atoms with Crippen molar-refractivity contribution in [3.8, 4) is 0 Å². The Labute approximate surface area is 173 Å². The van der Waals surface area contributed by atoms with Crippen LogP contribution in [0, 0.1) is 12.8 Å². The number of aromatic nitrogens is 1. The molecule has 29 heavy (non-hydrogen) atoms. The number of amides is 4. The zero-order chi connectivity index (χ0) is 20.9. The lowest BCUT2D eigenvalue weighted by Gasteiger charge is -2.32. The van der Waals surface area contributed by atoms with Crippen molar-refractivity contribution in [3.05, 3.63) is 15.6 Å². The number of likely N-dealkylation sites (tertiary alicyclic amines) is 1. The number of hydrogen-bond donors (Lipinski definition) is 1. The highest BCUT2D eigenvalue weighted by Crippen LogP contribution is 2.42. The van der Waals surface area contributed by atoms with Crippen LogP contribution < -0.4 is 5.32 Å². The topological polar surface area (TPSA) is 99.7 Å². The van der Waals surface area contributed by atoms with E-state index in [0.717, 1.165) is 41.3 Å². The summed E-state index contributed by atoms with van der Waals surface area (Å²) in [5.74, 6) is -0.0530. The van der Waals surface area contributed by atoms with Gasteiger partial charge in [-0.3, -0.25) is 19.3 Å². The van der Waals surface area contributed by atoms with Crippen molar-refractivity contribution in [1.82, 2.24) is 20.1 Å². The molecule has 0 bridgehead atoms. The van der Waals surface area contributed by atoms with Gasteiger partial charge < -0.3 is 10.2 Å². The van der Waals surface area contributed by atoms with Gasteiger partial charge in [0.15, 0.2) is 5.78 Å². The molecule has 0 radical (unpaired) electrons. The molecule has 1 aromatic rings. The average Bonchev–Trinajstić information content (AvgIpc) is 3.43. The highest BCUT2D eigenvalue weighted by atomic mass is 32.1. The van der Waals surface area contributed by atoms with Crippen LogP contribution in [0.3, 0.4) is 0 Å². The first kappa shape index (κ1) is 20.0. The average molecular weight is 419 g/mol. The first-order chi connectivity index (χ1) is 13.7. The Kier molecular flexibility index (Phi) is 4.96. The van der Waals surface area contributed by atoms with Crippen LogP contribution in [0.4, 0.5) is 4.79 Å². The maximum absolute atomic E-state index is 12.7. The third kappa shape index (κ3) is 3.56. The quantitative estimate of drug-likeness (QED) is 0.583. The lowest BCUT2D eigenvalue weighted by molar-refractivity contribution is -0.139. The number of carbonyl (C=O) groups is 4. The molecule has 1 aliphatic carbocycles. The molecular weight excluding hydrogens is 392 g/mol. The summed E-state index contributed by atoms with van der Waals surface area (Å²) in [6, 6.07) is -0.470. The van der Waals surface area contributed by atoms with Crippen LogP contribution in [0.2, 0.25) is 0 Å². The van der Waals surface area contributed by atoms with Gasteiger partial charge in [0.05, 0.1) is 15.6 Å². The monoisotopic (exact) mass is 418 g/mol. The standard InChI is InChI=1S/C20H26N4O4S/c1-11-16(12(2)25)29-17(21-11)13-6-8-23(9-7-13)15(26)10-24-18(27)20(3,14-4-5-14)22-19(24)28/h13-14H,4-10H2,1-3H3,(H,22,28). The summed E-state index contributed by atoms with van der Waals surface area (Å²) >= 11 is 1.45. The van der Waals surface area contributed by atoms with Gasteiger partial charge in [-0.1, -0.05) is 0 Å². The zero-order valence-electron chi connectivity index (χ0n) is 17.0. The summed E-state index contributed by atoms with van der Waals surface area (Å²) in [5, 5.41) is 3.73. The minimum Gasteiger partial charge on any atom is -0.341 e. The van der Waals surface area contributed by atoms with Gasteiger partial charge in [-0.2, -0.15) is 0 Å². The number of imide groups is 1. The molecule has 3 aliphatic rings. The second-order valence-corrected chi connectivity index (χ2v) is 9.51. The third-order valence-electron chi connectivity index (χ3n) is 6.32. The van der Waals surface area contributed by atoms with E-state index >= 15 is 0 Å². The van der Waals surface area contributed by atoms with Gasteiger partial charge in [0.25, 0.3) is 5.91 Å². The Hall–Kier alpha value is -2.29. The molecule has 1 aromatic heterocycles. The normalized spacial score (nSPS) is 25.5. The third-order valence-corrected chi connectivity index (χ3v) is 7.74. The summed E-state index contributed by atoms with van der Waals surface area (Å²) in [5.41, 5.74) is -0.0881. The Bertz CT molecular complexity index is 885. The number of nitrogens with zero attached hydrogens (tertiary/aromatic N) is 3. The second-order valence-electron chi connectivity index (χ2n) is 8.48. The van der Waals surface area contributed by atoms with Crippen LogP contribution in [0.15, 0.2) is 0 Å². The molecule has 4 rings (SSSR count). The van der Waals surface area contributed by atoms with Crippen LogP contribution in [0.1, 0.15) is 65.8 Å². The van der Waals surface area contributed by atoms with Crippen molar-refractivity contribution >= 4 is 35.0 Å². The fraction of sp³-hybridized carbons (Fsp3) is 0.650. The molecule has 4 amide bonds. The van der Waals surface area contributed by atoms with Crippen LogP contribution in [0.5, 0.6) is 0 Å². The number of carbonyl (C=O) groups excluding carboxylic acids is 4. The number of aryl methyl sites for hydroxylation is 1. The van der Waals surface area contributed by atoms with E-state index in [1.807, 2.05) is 6.92 Å². The smallest absolute Gasteiger partial charge is 0.325 e. The first-order valence-corrected chi connectivity index (χ1v) is 10.9. The number of Topliss-reactive ketones (excluding diaryl/α,β-unsaturated/α-hetero) is 1. The summed E-state index contributed by atoms with van der Waals surface area (Å²) in [6.07, 6.45) is 3.38. The maximum atomic E-state index is 12.7. The van der Waals surface area contributed by atoms with E-state index in [0.29, 0.717) is 18.0 Å². The van der Waals surface area contributed by atoms with E-state index in [4.69, 9.17) is 0 Å². The van der Waals surface area contributed by atoms with Crippen molar-refractivity contribution in [2.45, 2.75) is 57.9 Å². The zero-order valence-corrected chi connectivity index (χ0v) is 17.8. The van der Waals surface area contributed by atoms with Gasteiger partial charge in [0.1, 0.15) is 12.1 Å². The summed E-state index contributed by atoms with van der Waals surface area (Å²) < 4.78 is 0. The first-order valence-electron chi connectivity index (χ1n) is 10.1. The van der Waals surface area contributed by atoms with E-state index in [9.17, 15) is 19.2 Å². The summed E-state index contributed by atoms with van der Waals surface area (Å²) in [7, 11) is 0. The van der Waals surface area contributed by atoms with Gasteiger partial charge >= 0.3 is 6.03 Å². The van der Waals surface area contributed by atoms with Crippen molar-refractivity contribution in [3.63, 3.8) is 0 Å². The number of hydrogen-bond acceptors (Lipinski definition) is 6. The number of nitrogens with one attached hydrogen (secondary N) is 1. The molecule has 1 atom stereocenters. The van der Waals surface area contributed by atoms with Crippen molar-refractivity contribution < 1.29 is 19.2 Å². The van der Waals surface area contributed by atoms with Crippen LogP contribution >= 0.6 is 11.3 Å². The molecule has 1 unspecified atom stereocenters. The van der Waals surface area contributed by atoms with E-state index in [2.05, 4.69) is 10.3 Å². The highest BCUT2D eigenvalue weighted by molar-refractivity contribution is 7.13. The molecule has 1 saturated carbocycles. The molecule has 1 N–H and O–H groups in total. The molecule has 0 spiro atoms. The molecule has 3 fully saturated rings. The van der Waals surface area contributed by atoms with E-state index in [1.165, 1.54) is 11.3 Å². The fourth-order valence-corrected chi connectivity index (χ4v) is 5.46. The van der Waals surface area contributed by atoms with E-state index in [-0.39, 0.29) is 36.0 Å². The Morgan fingerprint density at radius 1 is 1.21 bits per heavy atom. The Morgan fingerprint density at radius 3 is 2.41 bits per heavy atom. The second kappa shape index (κ2) is 7.19. The number of piperidine rings is 1. The van der Waals surface area contributed by atoms with Gasteiger partial charge in [-0.05, 0) is 45.4 Å². The number of rotatable bonds is 5. The van der Waals surface area contributed by atoms with Crippen molar-refractivity contribution in [1.29, 1.82) is 0 Å². The number of thiazole rings is 1. The largest absolute Gasteiger partial charge is 0.341 e. The van der Waals surface area contributed by atoms with Crippen LogP contribution in [0.25, 0.3) is 0 Å².